The summed E-state index contributed by atoms with van der Waals surface area (Å²) in [6, 6.07) is 15.3. The predicted octanol–water partition coefficient (Wildman–Crippen LogP) is 2.97. The number of fused-ring (bicyclic) bond motifs is 1. The maximum absolute atomic E-state index is 12.7. The van der Waals surface area contributed by atoms with Crippen molar-refractivity contribution in [1.29, 1.82) is 0 Å². The van der Waals surface area contributed by atoms with Gasteiger partial charge in [0.05, 0.1) is 6.54 Å². The van der Waals surface area contributed by atoms with Crippen LogP contribution in [0.3, 0.4) is 0 Å². The monoisotopic (exact) mass is 415 g/mol. The lowest BCUT2D eigenvalue weighted by Gasteiger charge is -2.30. The number of aryl methyl sites for hydroxylation is 1. The molecular weight excluding hydrogens is 390 g/mol. The quantitative estimate of drug-likeness (QED) is 0.618. The van der Waals surface area contributed by atoms with Gasteiger partial charge in [0.25, 0.3) is 5.91 Å². The highest BCUT2D eigenvalue weighted by Crippen LogP contribution is 2.28. The summed E-state index contributed by atoms with van der Waals surface area (Å²) in [5.74, 6) is 1.07. The van der Waals surface area contributed by atoms with Crippen LogP contribution in [0.15, 0.2) is 54.7 Å². The molecule has 0 saturated carbocycles. The zero-order valence-electron chi connectivity index (χ0n) is 17.8. The number of hydrogen-bond acceptors (Lipinski definition) is 5. The number of amides is 2. The highest BCUT2D eigenvalue weighted by molar-refractivity contribution is 5.95. The van der Waals surface area contributed by atoms with Gasteiger partial charge in [0.2, 0.25) is 5.91 Å². The van der Waals surface area contributed by atoms with Gasteiger partial charge in [0, 0.05) is 37.5 Å². The molecule has 0 bridgehead atoms. The smallest absolute Gasteiger partial charge is 0.272 e. The van der Waals surface area contributed by atoms with Crippen molar-refractivity contribution in [2.75, 3.05) is 18.5 Å². The number of nitrogens with zero attached hydrogens (tertiary/aromatic N) is 5. The molecule has 0 saturated heterocycles. The lowest BCUT2D eigenvalue weighted by Crippen LogP contribution is -2.38. The first-order valence-corrected chi connectivity index (χ1v) is 10.4. The van der Waals surface area contributed by atoms with E-state index in [2.05, 4.69) is 22.1 Å². The molecule has 2 aromatic heterocycles. The van der Waals surface area contributed by atoms with E-state index < -0.39 is 0 Å². The number of anilines is 1. The summed E-state index contributed by atoms with van der Waals surface area (Å²) in [4.78, 5) is 42.1. The van der Waals surface area contributed by atoms with E-state index >= 15 is 0 Å². The molecule has 0 N–H and O–H groups in total. The van der Waals surface area contributed by atoms with Gasteiger partial charge in [-0.25, -0.2) is 9.97 Å². The van der Waals surface area contributed by atoms with Gasteiger partial charge < -0.3 is 4.90 Å². The second-order valence-electron chi connectivity index (χ2n) is 7.68. The molecular formula is C24H25N5O2. The molecule has 3 heterocycles. The van der Waals surface area contributed by atoms with E-state index in [0.717, 1.165) is 17.7 Å². The van der Waals surface area contributed by atoms with Gasteiger partial charge in [0.15, 0.2) is 0 Å². The van der Waals surface area contributed by atoms with Crippen LogP contribution in [0.4, 0.5) is 5.82 Å². The maximum atomic E-state index is 12.7. The van der Waals surface area contributed by atoms with Gasteiger partial charge in [-0.05, 0) is 37.5 Å². The third-order valence-corrected chi connectivity index (χ3v) is 5.46. The second kappa shape index (κ2) is 9.04. The Hall–Kier alpha value is -3.61. The molecule has 31 heavy (non-hydrogen) atoms. The van der Waals surface area contributed by atoms with Crippen LogP contribution in [0.25, 0.3) is 0 Å². The van der Waals surface area contributed by atoms with Crippen LogP contribution < -0.4 is 4.90 Å². The summed E-state index contributed by atoms with van der Waals surface area (Å²) in [6.07, 6.45) is 3.45. The summed E-state index contributed by atoms with van der Waals surface area (Å²) < 4.78 is 0. The molecule has 7 nitrogen and oxygen atoms in total. The first kappa shape index (κ1) is 20.7. The molecule has 7 heteroatoms. The molecule has 0 spiro atoms. The van der Waals surface area contributed by atoms with Gasteiger partial charge in [-0.3, -0.25) is 19.5 Å². The second-order valence-corrected chi connectivity index (χ2v) is 7.68. The Morgan fingerprint density at radius 1 is 1.06 bits per heavy atom. The van der Waals surface area contributed by atoms with E-state index in [1.165, 1.54) is 5.56 Å². The first-order chi connectivity index (χ1) is 15.0. The van der Waals surface area contributed by atoms with Crippen LogP contribution in [-0.4, -0.2) is 45.3 Å². The van der Waals surface area contributed by atoms with Crippen LogP contribution >= 0.6 is 0 Å². The van der Waals surface area contributed by atoms with Crippen molar-refractivity contribution < 1.29 is 9.59 Å². The predicted molar refractivity (Wildman–Crippen MR) is 118 cm³/mol. The van der Waals surface area contributed by atoms with Crippen molar-refractivity contribution in [1.82, 2.24) is 19.9 Å². The number of pyridine rings is 1. The van der Waals surface area contributed by atoms with E-state index in [1.807, 2.05) is 25.1 Å². The Morgan fingerprint density at radius 2 is 1.84 bits per heavy atom. The molecule has 1 aliphatic rings. The topological polar surface area (TPSA) is 79.3 Å². The number of aromatic nitrogens is 3. The first-order valence-electron chi connectivity index (χ1n) is 10.4. The Labute approximate surface area is 181 Å². The van der Waals surface area contributed by atoms with E-state index in [4.69, 9.17) is 4.98 Å². The summed E-state index contributed by atoms with van der Waals surface area (Å²) >= 11 is 0. The van der Waals surface area contributed by atoms with Gasteiger partial charge in [-0.2, -0.15) is 0 Å². The Kier molecular flexibility index (Phi) is 6.02. The van der Waals surface area contributed by atoms with E-state index in [0.29, 0.717) is 36.7 Å². The number of rotatable bonds is 6. The van der Waals surface area contributed by atoms with Crippen LogP contribution in [0.5, 0.6) is 0 Å². The molecule has 1 aliphatic heterocycles. The molecule has 0 fully saturated rings. The summed E-state index contributed by atoms with van der Waals surface area (Å²) in [5.41, 5.74) is 3.42. The number of hydrogen-bond donors (Lipinski definition) is 0. The SMILES string of the molecule is Cc1nc(CN(C)C(=O)c2ccccn2)nc2c1CCC(=O)N2CCc1ccccc1. The minimum Gasteiger partial charge on any atom is -0.333 e. The Morgan fingerprint density at radius 3 is 2.58 bits per heavy atom. The molecule has 2 amide bonds. The van der Waals surface area contributed by atoms with Crippen LogP contribution in [0, 0.1) is 6.92 Å². The zero-order valence-corrected chi connectivity index (χ0v) is 17.8. The van der Waals surface area contributed by atoms with Crippen molar-refractivity contribution in [2.24, 2.45) is 0 Å². The Bertz CT molecular complexity index is 1090. The van der Waals surface area contributed by atoms with E-state index in [-0.39, 0.29) is 18.4 Å². The average Bonchev–Trinajstić information content (AvgIpc) is 2.79. The third kappa shape index (κ3) is 4.60. The number of carbonyl (C=O) groups is 2. The number of benzene rings is 1. The lowest BCUT2D eigenvalue weighted by molar-refractivity contribution is -0.118. The molecule has 0 atom stereocenters. The normalized spacial score (nSPS) is 13.1. The molecule has 0 radical (unpaired) electrons. The maximum Gasteiger partial charge on any atom is 0.272 e. The molecule has 0 unspecified atom stereocenters. The highest BCUT2D eigenvalue weighted by atomic mass is 16.2. The fourth-order valence-electron chi connectivity index (χ4n) is 3.79. The fraction of sp³-hybridized carbons (Fsp3) is 0.292. The van der Waals surface area contributed by atoms with E-state index in [9.17, 15) is 9.59 Å². The minimum absolute atomic E-state index is 0.0744. The van der Waals surface area contributed by atoms with Gasteiger partial charge >= 0.3 is 0 Å². The van der Waals surface area contributed by atoms with Crippen LogP contribution in [0.1, 0.15) is 39.6 Å². The standard InChI is InChI=1S/C24H25N5O2/c1-17-19-11-12-22(30)29(15-13-18-8-4-3-5-9-18)23(19)27-21(26-17)16-28(2)24(31)20-10-6-7-14-25-20/h3-10,14H,11-13,15-16H2,1-2H3. The zero-order chi connectivity index (χ0) is 21.8. The van der Waals surface area contributed by atoms with Crippen LogP contribution in [-0.2, 0) is 24.2 Å². The van der Waals surface area contributed by atoms with Gasteiger partial charge in [-0.1, -0.05) is 36.4 Å². The molecule has 3 aromatic rings. The number of carbonyl (C=O) groups excluding carboxylic acids is 2. The molecule has 1 aromatic carbocycles. The highest BCUT2D eigenvalue weighted by Gasteiger charge is 2.28. The van der Waals surface area contributed by atoms with Crippen molar-refractivity contribution >= 4 is 17.6 Å². The van der Waals surface area contributed by atoms with Crippen molar-refractivity contribution in [2.45, 2.75) is 32.7 Å². The Balaban J connectivity index is 1.56. The van der Waals surface area contributed by atoms with Crippen molar-refractivity contribution in [3.05, 3.63) is 83.1 Å². The third-order valence-electron chi connectivity index (χ3n) is 5.46. The summed E-state index contributed by atoms with van der Waals surface area (Å²) in [6.45, 7) is 2.74. The van der Waals surface area contributed by atoms with Crippen molar-refractivity contribution in [3.63, 3.8) is 0 Å². The molecule has 0 aliphatic carbocycles. The lowest BCUT2D eigenvalue weighted by atomic mass is 10.0. The molecule has 4 rings (SSSR count). The molecule has 158 valence electrons. The van der Waals surface area contributed by atoms with Crippen LogP contribution in [0.2, 0.25) is 0 Å². The summed E-state index contributed by atoms with van der Waals surface area (Å²) in [5, 5.41) is 0. The average molecular weight is 415 g/mol. The van der Waals surface area contributed by atoms with E-state index in [1.54, 1.807) is 41.2 Å². The van der Waals surface area contributed by atoms with Gasteiger partial charge in [-0.15, -0.1) is 0 Å². The fourth-order valence-corrected chi connectivity index (χ4v) is 3.79. The minimum atomic E-state index is -0.198. The van der Waals surface area contributed by atoms with Crippen molar-refractivity contribution in [3.8, 4) is 0 Å². The largest absolute Gasteiger partial charge is 0.333 e. The summed E-state index contributed by atoms with van der Waals surface area (Å²) in [7, 11) is 1.70. The van der Waals surface area contributed by atoms with Gasteiger partial charge in [0.1, 0.15) is 17.3 Å².